The Kier molecular flexibility index (Phi) is 10.9. The van der Waals surface area contributed by atoms with Crippen LogP contribution in [0.2, 0.25) is 17.3 Å². The van der Waals surface area contributed by atoms with E-state index in [2.05, 4.69) is 126 Å². The van der Waals surface area contributed by atoms with Gasteiger partial charge in [0.15, 0.2) is 0 Å². The summed E-state index contributed by atoms with van der Waals surface area (Å²) in [6, 6.07) is 45.9. The molecule has 0 spiro atoms. The summed E-state index contributed by atoms with van der Waals surface area (Å²) in [6.45, 7) is 12.5. The molecule has 0 aliphatic heterocycles. The van der Waals surface area contributed by atoms with Crippen LogP contribution in [-0.2, 0) is 31.9 Å². The normalized spacial score (nSPS) is 12.7. The molecule has 1 radical (unpaired) electrons. The number of fused-ring (bicyclic) bond motifs is 5. The number of hydrogen-bond donors (Lipinski definition) is 0. The maximum atomic E-state index is 8.70. The number of aryl methyl sites for hydroxylation is 1. The Morgan fingerprint density at radius 2 is 1.55 bits per heavy atom. The monoisotopic (exact) mass is 1000 g/mol. The van der Waals surface area contributed by atoms with E-state index in [0.717, 1.165) is 71.4 Å². The van der Waals surface area contributed by atoms with Gasteiger partial charge in [-0.25, -0.2) is 4.98 Å². The summed E-state index contributed by atoms with van der Waals surface area (Å²) in [7, 11) is 0. The Bertz CT molecular complexity index is 3010. The zero-order valence-corrected chi connectivity index (χ0v) is 39.1. The average Bonchev–Trinajstić information content (AvgIpc) is 3.78. The van der Waals surface area contributed by atoms with Crippen LogP contribution in [0.1, 0.15) is 54.2 Å². The van der Waals surface area contributed by atoms with Gasteiger partial charge in [0.05, 0.1) is 22.4 Å². The first kappa shape index (κ1) is 38.6. The van der Waals surface area contributed by atoms with Crippen LogP contribution in [0, 0.1) is 25.0 Å². The molecular formula is C51H50GeIrN4O-2. The molecule has 9 rings (SSSR count). The molecule has 0 aliphatic carbocycles. The predicted molar refractivity (Wildman–Crippen MR) is 241 cm³/mol. The van der Waals surface area contributed by atoms with E-state index < -0.39 is 19.6 Å². The quantitative estimate of drug-likeness (QED) is 0.123. The molecule has 0 saturated heterocycles. The van der Waals surface area contributed by atoms with Crippen molar-refractivity contribution < 1.29 is 27.3 Å². The number of benzene rings is 5. The standard InChI is InChI=1S/C29H18N3O.C22H32GeN.Ir/c1-18-16-17-22-21-11-7-12-23(27(21)33-29(22)30-18)28-31-24-13-4-5-14-26(24)32(28)25-15-6-9-19-8-2-3-10-20(19)25;1-16(2)12-18-14-21(24-15-20(18)23(6,7)8)17-10-9-11-19(13-17)22(3,4)5;/h2-11,13-17H,1H3;9,11,13-16H,12H2,1-8H3;/q2*-1;/i;12D2;. The van der Waals surface area contributed by atoms with E-state index in [9.17, 15) is 0 Å². The summed E-state index contributed by atoms with van der Waals surface area (Å²) in [4.78, 5) is 14.4. The van der Waals surface area contributed by atoms with E-state index in [1.165, 1.54) is 16.3 Å². The molecule has 0 atom stereocenters. The first-order chi connectivity index (χ1) is 28.0. The van der Waals surface area contributed by atoms with Crippen LogP contribution in [0.5, 0.6) is 0 Å². The topological polar surface area (TPSA) is 56.7 Å². The number of aromatic nitrogens is 4. The van der Waals surface area contributed by atoms with Crippen molar-refractivity contribution in [2.45, 2.75) is 70.6 Å². The van der Waals surface area contributed by atoms with E-state index in [-0.39, 0.29) is 31.4 Å². The van der Waals surface area contributed by atoms with Gasteiger partial charge < -0.3 is 8.98 Å². The number of pyridine rings is 2. The van der Waals surface area contributed by atoms with Crippen molar-refractivity contribution in [3.8, 4) is 28.3 Å². The van der Waals surface area contributed by atoms with E-state index in [1.54, 1.807) is 0 Å². The fourth-order valence-corrected chi connectivity index (χ4v) is 10.4. The first-order valence-corrected chi connectivity index (χ1v) is 27.1. The van der Waals surface area contributed by atoms with Crippen molar-refractivity contribution in [1.82, 2.24) is 19.5 Å². The van der Waals surface area contributed by atoms with Crippen LogP contribution < -0.4 is 4.40 Å². The van der Waals surface area contributed by atoms with Crippen LogP contribution in [0.4, 0.5) is 0 Å². The number of hydrogen-bond acceptors (Lipinski definition) is 4. The molecule has 0 unspecified atom stereocenters. The second-order valence-electron chi connectivity index (χ2n) is 17.2. The van der Waals surface area contributed by atoms with Crippen LogP contribution in [-0.4, -0.2) is 32.8 Å². The van der Waals surface area contributed by atoms with E-state index in [1.807, 2.05) is 75.5 Å². The molecule has 0 fully saturated rings. The third-order valence-corrected chi connectivity index (χ3v) is 14.6. The third kappa shape index (κ3) is 8.20. The van der Waals surface area contributed by atoms with Gasteiger partial charge in [0.2, 0.25) is 5.71 Å². The summed E-state index contributed by atoms with van der Waals surface area (Å²) in [6.07, 6.45) is 0.565. The van der Waals surface area contributed by atoms with Crippen molar-refractivity contribution in [2.24, 2.45) is 5.92 Å². The predicted octanol–water partition coefficient (Wildman–Crippen LogP) is 12.8. The summed E-state index contributed by atoms with van der Waals surface area (Å²) >= 11 is -2.25. The summed E-state index contributed by atoms with van der Waals surface area (Å²) in [5.74, 6) is 7.59. The molecule has 0 saturated carbocycles. The van der Waals surface area contributed by atoms with Crippen LogP contribution in [0.25, 0.3) is 72.2 Å². The van der Waals surface area contributed by atoms with Gasteiger partial charge in [-0.05, 0) is 42.6 Å². The molecule has 0 bridgehead atoms. The third-order valence-electron chi connectivity index (χ3n) is 10.3. The van der Waals surface area contributed by atoms with Crippen LogP contribution in [0.15, 0.2) is 126 Å². The van der Waals surface area contributed by atoms with Crippen LogP contribution >= 0.6 is 0 Å². The van der Waals surface area contributed by atoms with Crippen molar-refractivity contribution in [2.75, 3.05) is 0 Å². The smallest absolute Gasteiger partial charge is 0 e. The number of furan rings is 1. The van der Waals surface area contributed by atoms with Gasteiger partial charge in [-0.2, -0.15) is 0 Å². The van der Waals surface area contributed by atoms with Crippen LogP contribution in [0.3, 0.4) is 0 Å². The molecule has 5 aromatic carbocycles. The van der Waals surface area contributed by atoms with Gasteiger partial charge in [0.1, 0.15) is 0 Å². The van der Waals surface area contributed by atoms with E-state index in [0.29, 0.717) is 5.71 Å². The molecule has 4 heterocycles. The molecule has 9 aromatic rings. The van der Waals surface area contributed by atoms with Gasteiger partial charge in [0, 0.05) is 42.3 Å². The zero-order valence-electron chi connectivity index (χ0n) is 36.7. The van der Waals surface area contributed by atoms with Gasteiger partial charge in [-0.1, -0.05) is 59.5 Å². The van der Waals surface area contributed by atoms with Crippen molar-refractivity contribution in [1.29, 1.82) is 0 Å². The fourth-order valence-electron chi connectivity index (χ4n) is 7.43. The van der Waals surface area contributed by atoms with Crippen molar-refractivity contribution in [3.05, 3.63) is 150 Å². The van der Waals surface area contributed by atoms with Gasteiger partial charge in [-0.3, -0.25) is 4.98 Å². The SMILES string of the molecule is Cc1ccc2c(n1)oc1c(-c3nc4ccccc4n3-c3cccc4ccccc34)[c-]ccc12.[2H]C([2H])(c1cc(-c2[c-]ccc(C(C)(C)C)c2)nc[c]1[Ge]([CH3])([CH3])[CH3])C(C)C.[Ir]. The molecule has 0 amide bonds. The maximum absolute atomic E-state index is 8.70. The number of rotatable bonds is 6. The molecular weight excluding hydrogens is 949 g/mol. The molecule has 295 valence electrons. The van der Waals surface area contributed by atoms with E-state index >= 15 is 0 Å². The van der Waals surface area contributed by atoms with Gasteiger partial charge >= 0.3 is 154 Å². The second kappa shape index (κ2) is 16.4. The van der Waals surface area contributed by atoms with E-state index in [4.69, 9.17) is 17.1 Å². The number of para-hydroxylation sites is 2. The summed E-state index contributed by atoms with van der Waals surface area (Å²) in [5.41, 5.74) is 10.0. The minimum atomic E-state index is -2.25. The Morgan fingerprint density at radius 1 is 0.810 bits per heavy atom. The molecule has 58 heavy (non-hydrogen) atoms. The summed E-state index contributed by atoms with van der Waals surface area (Å²) in [5, 5.41) is 4.37. The molecule has 0 aliphatic rings. The van der Waals surface area contributed by atoms with Crippen molar-refractivity contribution in [3.63, 3.8) is 0 Å². The second-order valence-corrected chi connectivity index (χ2v) is 27.7. The molecule has 4 aromatic heterocycles. The molecule has 0 N–H and O–H groups in total. The Labute approximate surface area is 361 Å². The Morgan fingerprint density at radius 3 is 2.33 bits per heavy atom. The number of imidazole rings is 1. The zero-order chi connectivity index (χ0) is 41.9. The number of nitrogens with zero attached hydrogens (tertiary/aromatic N) is 4. The summed E-state index contributed by atoms with van der Waals surface area (Å²) < 4.78 is 27.1. The van der Waals surface area contributed by atoms with Crippen molar-refractivity contribution >= 4 is 61.5 Å². The Hall–Kier alpha value is -4.88. The van der Waals surface area contributed by atoms with Gasteiger partial charge in [0.25, 0.3) is 0 Å². The first-order valence-electron chi connectivity index (χ1n) is 20.7. The maximum Gasteiger partial charge on any atom is 0 e. The molecule has 7 heteroatoms. The fraction of sp³-hybridized carbons (Fsp3) is 0.235. The minimum Gasteiger partial charge on any atom is 0 e. The minimum absolute atomic E-state index is 0. The van der Waals surface area contributed by atoms with Gasteiger partial charge in [-0.15, -0.1) is 18.2 Å². The Balaban J connectivity index is 0.000000185. The molecule has 5 nitrogen and oxygen atoms in total. The average molecular weight is 1000 g/mol. The largest absolute Gasteiger partial charge is 0 e.